The predicted octanol–water partition coefficient (Wildman–Crippen LogP) is 2.62. The van der Waals surface area contributed by atoms with Gasteiger partial charge in [0.15, 0.2) is 0 Å². The molecule has 1 rings (SSSR count). The summed E-state index contributed by atoms with van der Waals surface area (Å²) in [7, 11) is 0. The zero-order valence-corrected chi connectivity index (χ0v) is 9.67. The minimum atomic E-state index is -0.348. The largest absolute Gasteiger partial charge is 0.392 e. The Morgan fingerprint density at radius 2 is 2.00 bits per heavy atom. The zero-order chi connectivity index (χ0) is 11.3. The second kappa shape index (κ2) is 5.58. The van der Waals surface area contributed by atoms with Crippen LogP contribution in [-0.4, -0.2) is 11.2 Å². The summed E-state index contributed by atoms with van der Waals surface area (Å²) in [5, 5.41) is 9.69. The van der Waals surface area contributed by atoms with Crippen LogP contribution in [0.4, 0.5) is 0 Å². The van der Waals surface area contributed by atoms with Gasteiger partial charge in [-0.1, -0.05) is 18.2 Å². The zero-order valence-electron chi connectivity index (χ0n) is 9.67. The van der Waals surface area contributed by atoms with Crippen LogP contribution < -0.4 is 0 Å². The highest BCUT2D eigenvalue weighted by molar-refractivity contribution is 5.30. The van der Waals surface area contributed by atoms with Crippen molar-refractivity contribution >= 4 is 0 Å². The number of aryl methyl sites for hydroxylation is 2. The lowest BCUT2D eigenvalue weighted by molar-refractivity contribution is 0.180. The third-order valence-electron chi connectivity index (χ3n) is 2.56. The van der Waals surface area contributed by atoms with Crippen molar-refractivity contribution in [1.29, 1.82) is 0 Å². The Bertz CT molecular complexity index is 382. The van der Waals surface area contributed by atoms with E-state index in [1.165, 1.54) is 16.7 Å². The van der Waals surface area contributed by atoms with Gasteiger partial charge in [0.05, 0.1) is 6.10 Å². The van der Waals surface area contributed by atoms with Gasteiger partial charge in [0, 0.05) is 6.42 Å². The molecular formula is C14H18O. The van der Waals surface area contributed by atoms with Gasteiger partial charge in [-0.25, -0.2) is 0 Å². The molecule has 1 unspecified atom stereocenters. The van der Waals surface area contributed by atoms with Crippen LogP contribution in [0.15, 0.2) is 18.2 Å². The van der Waals surface area contributed by atoms with Crippen LogP contribution in [-0.2, 0) is 6.42 Å². The summed E-state index contributed by atoms with van der Waals surface area (Å²) in [6, 6.07) is 6.31. The summed E-state index contributed by atoms with van der Waals surface area (Å²) in [6.45, 7) is 5.98. The van der Waals surface area contributed by atoms with Gasteiger partial charge < -0.3 is 5.11 Å². The molecule has 0 saturated heterocycles. The van der Waals surface area contributed by atoms with Crippen LogP contribution in [0.1, 0.15) is 30.0 Å². The van der Waals surface area contributed by atoms with E-state index in [2.05, 4.69) is 43.9 Å². The van der Waals surface area contributed by atoms with Gasteiger partial charge in [-0.15, -0.1) is 11.8 Å². The standard InChI is InChI=1S/C14H18O/c1-4-5-6-14(15)10-13-8-7-11(2)12(3)9-13/h7-9,14-15H,6,10H2,1-3H3. The molecule has 0 radical (unpaired) electrons. The molecule has 15 heavy (non-hydrogen) atoms. The summed E-state index contributed by atoms with van der Waals surface area (Å²) in [5.74, 6) is 5.69. The number of benzene rings is 1. The van der Waals surface area contributed by atoms with Crippen molar-refractivity contribution in [3.63, 3.8) is 0 Å². The molecule has 0 aliphatic rings. The highest BCUT2D eigenvalue weighted by Crippen LogP contribution is 2.12. The Labute approximate surface area is 92.1 Å². The highest BCUT2D eigenvalue weighted by Gasteiger charge is 2.04. The van der Waals surface area contributed by atoms with Gasteiger partial charge in [0.1, 0.15) is 0 Å². The Morgan fingerprint density at radius 1 is 1.27 bits per heavy atom. The fourth-order valence-corrected chi connectivity index (χ4v) is 1.49. The summed E-state index contributed by atoms with van der Waals surface area (Å²) >= 11 is 0. The van der Waals surface area contributed by atoms with E-state index in [0.717, 1.165) is 0 Å². The lowest BCUT2D eigenvalue weighted by Crippen LogP contribution is -2.09. The Kier molecular flexibility index (Phi) is 4.39. The number of hydrogen-bond donors (Lipinski definition) is 1. The molecule has 0 bridgehead atoms. The monoisotopic (exact) mass is 202 g/mol. The smallest absolute Gasteiger partial charge is 0.0689 e. The average molecular weight is 202 g/mol. The lowest BCUT2D eigenvalue weighted by atomic mass is 10.0. The fraction of sp³-hybridized carbons (Fsp3) is 0.429. The molecule has 0 aliphatic heterocycles. The molecule has 0 fully saturated rings. The normalized spacial score (nSPS) is 11.7. The van der Waals surface area contributed by atoms with Gasteiger partial charge >= 0.3 is 0 Å². The van der Waals surface area contributed by atoms with E-state index >= 15 is 0 Å². The van der Waals surface area contributed by atoms with Crippen LogP contribution >= 0.6 is 0 Å². The molecule has 0 aliphatic carbocycles. The van der Waals surface area contributed by atoms with Crippen LogP contribution in [0.25, 0.3) is 0 Å². The molecular weight excluding hydrogens is 184 g/mol. The Balaban J connectivity index is 2.63. The van der Waals surface area contributed by atoms with Crippen LogP contribution in [0.5, 0.6) is 0 Å². The second-order valence-electron chi connectivity index (χ2n) is 3.91. The lowest BCUT2D eigenvalue weighted by Gasteiger charge is -2.09. The third-order valence-corrected chi connectivity index (χ3v) is 2.56. The van der Waals surface area contributed by atoms with E-state index in [1.807, 2.05) is 0 Å². The summed E-state index contributed by atoms with van der Waals surface area (Å²) < 4.78 is 0. The first-order valence-electron chi connectivity index (χ1n) is 5.27. The van der Waals surface area contributed by atoms with Gasteiger partial charge in [-0.05, 0) is 43.9 Å². The van der Waals surface area contributed by atoms with Gasteiger partial charge in [-0.3, -0.25) is 0 Å². The fourth-order valence-electron chi connectivity index (χ4n) is 1.49. The maximum Gasteiger partial charge on any atom is 0.0689 e. The second-order valence-corrected chi connectivity index (χ2v) is 3.91. The number of hydrogen-bond acceptors (Lipinski definition) is 1. The van der Waals surface area contributed by atoms with Crippen LogP contribution in [0.2, 0.25) is 0 Å². The maximum absolute atomic E-state index is 9.69. The van der Waals surface area contributed by atoms with E-state index in [1.54, 1.807) is 6.92 Å². The van der Waals surface area contributed by atoms with E-state index in [-0.39, 0.29) is 6.10 Å². The van der Waals surface area contributed by atoms with E-state index in [9.17, 15) is 5.11 Å². The van der Waals surface area contributed by atoms with Crippen molar-refractivity contribution in [1.82, 2.24) is 0 Å². The molecule has 1 atom stereocenters. The molecule has 80 valence electrons. The SMILES string of the molecule is CC#CCC(O)Cc1ccc(C)c(C)c1. The first kappa shape index (κ1) is 11.8. The van der Waals surface area contributed by atoms with Crippen molar-refractivity contribution in [2.24, 2.45) is 0 Å². The van der Waals surface area contributed by atoms with E-state index in [4.69, 9.17) is 0 Å². The van der Waals surface area contributed by atoms with E-state index in [0.29, 0.717) is 12.8 Å². The van der Waals surface area contributed by atoms with Gasteiger partial charge in [-0.2, -0.15) is 0 Å². The molecule has 0 saturated carbocycles. The quantitative estimate of drug-likeness (QED) is 0.747. The van der Waals surface area contributed by atoms with Crippen molar-refractivity contribution in [3.05, 3.63) is 34.9 Å². The molecule has 1 heteroatoms. The number of aliphatic hydroxyl groups excluding tert-OH is 1. The highest BCUT2D eigenvalue weighted by atomic mass is 16.3. The van der Waals surface area contributed by atoms with E-state index < -0.39 is 0 Å². The van der Waals surface area contributed by atoms with Gasteiger partial charge in [0.2, 0.25) is 0 Å². The molecule has 1 aromatic rings. The van der Waals surface area contributed by atoms with Crippen LogP contribution in [0.3, 0.4) is 0 Å². The molecule has 1 aromatic carbocycles. The summed E-state index contributed by atoms with van der Waals surface area (Å²) in [5.41, 5.74) is 3.76. The van der Waals surface area contributed by atoms with Gasteiger partial charge in [0.25, 0.3) is 0 Å². The minimum Gasteiger partial charge on any atom is -0.392 e. The number of rotatable bonds is 3. The van der Waals surface area contributed by atoms with Crippen LogP contribution in [0, 0.1) is 25.7 Å². The maximum atomic E-state index is 9.69. The average Bonchev–Trinajstić information content (AvgIpc) is 2.20. The molecule has 1 N–H and O–H groups in total. The summed E-state index contributed by atoms with van der Waals surface area (Å²) in [4.78, 5) is 0. The first-order valence-corrected chi connectivity index (χ1v) is 5.27. The van der Waals surface area contributed by atoms with Crippen molar-refractivity contribution in [3.8, 4) is 11.8 Å². The molecule has 0 heterocycles. The molecule has 0 amide bonds. The molecule has 0 aromatic heterocycles. The summed E-state index contributed by atoms with van der Waals surface area (Å²) in [6.07, 6.45) is 0.902. The first-order chi connectivity index (χ1) is 7.13. The molecule has 1 nitrogen and oxygen atoms in total. The van der Waals surface area contributed by atoms with Crippen molar-refractivity contribution < 1.29 is 5.11 Å². The predicted molar refractivity (Wildman–Crippen MR) is 63.7 cm³/mol. The Morgan fingerprint density at radius 3 is 2.60 bits per heavy atom. The number of aliphatic hydroxyl groups is 1. The minimum absolute atomic E-state index is 0.348. The topological polar surface area (TPSA) is 20.2 Å². The Hall–Kier alpha value is -1.26. The third kappa shape index (κ3) is 3.77. The molecule has 0 spiro atoms. The van der Waals surface area contributed by atoms with Crippen molar-refractivity contribution in [2.45, 2.75) is 39.7 Å². The van der Waals surface area contributed by atoms with Crippen molar-refractivity contribution in [2.75, 3.05) is 0 Å².